The minimum atomic E-state index is -3.26. The number of rotatable bonds is 17. The summed E-state index contributed by atoms with van der Waals surface area (Å²) in [6.45, 7) is 2.26. The maximum atomic E-state index is 12.1. The second kappa shape index (κ2) is 15.2. The number of benzene rings is 1. The van der Waals surface area contributed by atoms with Crippen LogP contribution in [0.1, 0.15) is 96.8 Å². The Labute approximate surface area is 172 Å². The third-order valence-corrected chi connectivity index (χ3v) is 6.51. The molecule has 0 aromatic heterocycles. The van der Waals surface area contributed by atoms with Crippen LogP contribution in [-0.4, -0.2) is 14.2 Å². The number of hydrogen-bond acceptors (Lipinski definition) is 2. The fraction of sp³-hybridized carbons (Fsp3) is 0.727. The smallest absolute Gasteiger partial charge is 0.232 e. The molecule has 0 aliphatic carbocycles. The highest BCUT2D eigenvalue weighted by Crippen LogP contribution is 2.16. The van der Waals surface area contributed by atoms with Gasteiger partial charge in [-0.1, -0.05) is 102 Å². The fourth-order valence-corrected chi connectivity index (χ4v) is 4.54. The largest absolute Gasteiger partial charge is 0.284 e. The quantitative estimate of drug-likeness (QED) is 0.267. The van der Waals surface area contributed by atoms with E-state index in [-0.39, 0.29) is 5.75 Å². The van der Waals surface area contributed by atoms with Crippen LogP contribution in [0.2, 0.25) is 5.02 Å². The van der Waals surface area contributed by atoms with Crippen molar-refractivity contribution in [3.8, 4) is 0 Å². The highest BCUT2D eigenvalue weighted by Gasteiger charge is 2.09. The van der Waals surface area contributed by atoms with Gasteiger partial charge in [0.25, 0.3) is 0 Å². The Hall–Kier alpha value is -0.740. The average molecular weight is 416 g/mol. The van der Waals surface area contributed by atoms with Crippen molar-refractivity contribution in [3.05, 3.63) is 29.3 Å². The SMILES string of the molecule is CCCCCCCCCCCCCCCCS(=O)(=O)Nc1ccc(Cl)cc1. The van der Waals surface area contributed by atoms with Crippen molar-refractivity contribution >= 4 is 27.3 Å². The predicted molar refractivity (Wildman–Crippen MR) is 119 cm³/mol. The zero-order valence-electron chi connectivity index (χ0n) is 17.0. The third-order valence-electron chi connectivity index (χ3n) is 4.88. The number of unbranched alkanes of at least 4 members (excludes halogenated alkanes) is 13. The zero-order chi connectivity index (χ0) is 19.8. The summed E-state index contributed by atoms with van der Waals surface area (Å²) in [5.41, 5.74) is 0.574. The minimum Gasteiger partial charge on any atom is -0.284 e. The highest BCUT2D eigenvalue weighted by atomic mass is 35.5. The molecule has 0 aliphatic heterocycles. The molecule has 0 saturated carbocycles. The van der Waals surface area contributed by atoms with E-state index in [9.17, 15) is 8.42 Å². The van der Waals surface area contributed by atoms with Gasteiger partial charge in [0.1, 0.15) is 0 Å². The van der Waals surface area contributed by atoms with Crippen molar-refractivity contribution < 1.29 is 8.42 Å². The molecule has 0 atom stereocenters. The van der Waals surface area contributed by atoms with E-state index in [4.69, 9.17) is 11.6 Å². The first kappa shape index (κ1) is 24.3. The van der Waals surface area contributed by atoms with E-state index in [2.05, 4.69) is 11.6 Å². The lowest BCUT2D eigenvalue weighted by atomic mass is 10.0. The van der Waals surface area contributed by atoms with Gasteiger partial charge in [-0.2, -0.15) is 0 Å². The summed E-state index contributed by atoms with van der Waals surface area (Å²) in [7, 11) is -3.26. The molecule has 0 bridgehead atoms. The van der Waals surface area contributed by atoms with Gasteiger partial charge in [-0.15, -0.1) is 0 Å². The molecule has 0 fully saturated rings. The normalized spacial score (nSPS) is 11.6. The van der Waals surface area contributed by atoms with Gasteiger partial charge in [0.05, 0.1) is 5.75 Å². The first-order chi connectivity index (χ1) is 13.0. The fourth-order valence-electron chi connectivity index (χ4n) is 3.24. The van der Waals surface area contributed by atoms with Gasteiger partial charge < -0.3 is 0 Å². The molecule has 5 heteroatoms. The molecule has 0 spiro atoms. The molecule has 3 nitrogen and oxygen atoms in total. The van der Waals surface area contributed by atoms with Crippen LogP contribution in [0.15, 0.2) is 24.3 Å². The summed E-state index contributed by atoms with van der Waals surface area (Å²) in [6, 6.07) is 6.74. The topological polar surface area (TPSA) is 46.2 Å². The van der Waals surface area contributed by atoms with E-state index in [1.807, 2.05) is 0 Å². The van der Waals surface area contributed by atoms with Crippen LogP contribution in [0.4, 0.5) is 5.69 Å². The van der Waals surface area contributed by atoms with Crippen molar-refractivity contribution in [1.29, 1.82) is 0 Å². The van der Waals surface area contributed by atoms with Crippen LogP contribution in [-0.2, 0) is 10.0 Å². The van der Waals surface area contributed by atoms with Crippen LogP contribution in [0.3, 0.4) is 0 Å². The molecule has 0 saturated heterocycles. The number of anilines is 1. The van der Waals surface area contributed by atoms with Gasteiger partial charge in [-0.3, -0.25) is 4.72 Å². The molecular formula is C22H38ClNO2S. The minimum absolute atomic E-state index is 0.188. The first-order valence-corrected chi connectivity index (χ1v) is 12.8. The van der Waals surface area contributed by atoms with E-state index in [0.29, 0.717) is 10.7 Å². The van der Waals surface area contributed by atoms with Crippen LogP contribution in [0, 0.1) is 0 Å². The standard InChI is InChI=1S/C22H38ClNO2S/c1-2-3-4-5-6-7-8-9-10-11-12-13-14-15-20-27(25,26)24-22-18-16-21(23)17-19-22/h16-19,24H,2-15,20H2,1H3. The molecule has 1 rings (SSSR count). The summed E-state index contributed by atoms with van der Waals surface area (Å²) < 4.78 is 26.7. The molecule has 0 radical (unpaired) electrons. The Morgan fingerprint density at radius 2 is 1.11 bits per heavy atom. The summed E-state index contributed by atoms with van der Waals surface area (Å²) in [5, 5.41) is 0.602. The highest BCUT2D eigenvalue weighted by molar-refractivity contribution is 7.92. The molecule has 1 aromatic carbocycles. The molecule has 0 unspecified atom stereocenters. The second-order valence-corrected chi connectivity index (χ2v) is 9.80. The summed E-state index contributed by atoms with van der Waals surface area (Å²) in [6.07, 6.45) is 17.7. The van der Waals surface area contributed by atoms with Crippen LogP contribution < -0.4 is 4.72 Å². The van der Waals surface area contributed by atoms with Gasteiger partial charge in [-0.25, -0.2) is 8.42 Å². The Bertz CT molecular complexity index is 572. The number of nitrogens with one attached hydrogen (secondary N) is 1. The predicted octanol–water partition coefficient (Wildman–Crippen LogP) is 7.56. The van der Waals surface area contributed by atoms with Gasteiger partial charge in [0.2, 0.25) is 10.0 Å². The Morgan fingerprint density at radius 3 is 1.56 bits per heavy atom. The van der Waals surface area contributed by atoms with Gasteiger partial charge in [-0.05, 0) is 30.7 Å². The van der Waals surface area contributed by atoms with Crippen molar-refractivity contribution in [1.82, 2.24) is 0 Å². The molecule has 1 aromatic rings. The van der Waals surface area contributed by atoms with Crippen molar-refractivity contribution in [2.24, 2.45) is 0 Å². The van der Waals surface area contributed by atoms with Crippen molar-refractivity contribution in [2.45, 2.75) is 96.8 Å². The average Bonchev–Trinajstić information content (AvgIpc) is 2.63. The molecule has 1 N–H and O–H groups in total. The van der Waals surface area contributed by atoms with E-state index >= 15 is 0 Å². The summed E-state index contributed by atoms with van der Waals surface area (Å²) >= 11 is 5.81. The maximum absolute atomic E-state index is 12.1. The first-order valence-electron chi connectivity index (χ1n) is 10.8. The maximum Gasteiger partial charge on any atom is 0.232 e. The molecular weight excluding hydrogens is 378 g/mol. The van der Waals surface area contributed by atoms with Crippen LogP contribution in [0.5, 0.6) is 0 Å². The molecule has 156 valence electrons. The van der Waals surface area contributed by atoms with E-state index < -0.39 is 10.0 Å². The lowest BCUT2D eigenvalue weighted by molar-refractivity contribution is 0.537. The number of sulfonamides is 1. The zero-order valence-corrected chi connectivity index (χ0v) is 18.6. The lowest BCUT2D eigenvalue weighted by Crippen LogP contribution is -2.16. The van der Waals surface area contributed by atoms with Crippen LogP contribution in [0.25, 0.3) is 0 Å². The second-order valence-electron chi connectivity index (χ2n) is 7.52. The number of halogens is 1. The Kier molecular flexibility index (Phi) is 13.7. The lowest BCUT2D eigenvalue weighted by Gasteiger charge is -2.08. The summed E-state index contributed by atoms with van der Waals surface area (Å²) in [4.78, 5) is 0. The Morgan fingerprint density at radius 1 is 0.704 bits per heavy atom. The van der Waals surface area contributed by atoms with E-state index in [0.717, 1.165) is 19.3 Å². The number of hydrogen-bond donors (Lipinski definition) is 1. The molecule has 0 heterocycles. The van der Waals surface area contributed by atoms with Crippen LogP contribution >= 0.6 is 11.6 Å². The van der Waals surface area contributed by atoms with Gasteiger partial charge in [0, 0.05) is 10.7 Å². The van der Waals surface area contributed by atoms with Gasteiger partial charge in [0.15, 0.2) is 0 Å². The van der Waals surface area contributed by atoms with E-state index in [1.54, 1.807) is 24.3 Å². The van der Waals surface area contributed by atoms with Crippen molar-refractivity contribution in [2.75, 3.05) is 10.5 Å². The Balaban J connectivity index is 1.92. The monoisotopic (exact) mass is 415 g/mol. The summed E-state index contributed by atoms with van der Waals surface area (Å²) in [5.74, 6) is 0.188. The molecule has 27 heavy (non-hydrogen) atoms. The third kappa shape index (κ3) is 14.0. The molecule has 0 aliphatic rings. The molecule has 0 amide bonds. The van der Waals surface area contributed by atoms with Gasteiger partial charge >= 0.3 is 0 Å². The van der Waals surface area contributed by atoms with E-state index in [1.165, 1.54) is 70.6 Å². The van der Waals surface area contributed by atoms with Crippen molar-refractivity contribution in [3.63, 3.8) is 0 Å².